The van der Waals surface area contributed by atoms with Gasteiger partial charge < -0.3 is 4.74 Å². The van der Waals surface area contributed by atoms with Crippen LogP contribution in [0.1, 0.15) is 34.7 Å². The summed E-state index contributed by atoms with van der Waals surface area (Å²) in [7, 11) is 0. The second-order valence-corrected chi connectivity index (χ2v) is 8.77. The van der Waals surface area contributed by atoms with Crippen LogP contribution in [-0.2, 0) is 0 Å². The van der Waals surface area contributed by atoms with Crippen LogP contribution < -0.4 is 4.74 Å². The molecule has 3 aromatic rings. The third kappa shape index (κ3) is 2.64. The summed E-state index contributed by atoms with van der Waals surface area (Å²) in [5, 5.41) is 6.91. The van der Waals surface area contributed by atoms with E-state index in [1.165, 1.54) is 12.1 Å². The smallest absolute Gasteiger partial charge is 0.213 e. The summed E-state index contributed by atoms with van der Waals surface area (Å²) < 4.78 is 20.7. The van der Waals surface area contributed by atoms with Crippen LogP contribution in [0.4, 0.5) is 4.39 Å². The lowest BCUT2D eigenvalue weighted by atomic mass is 9.98. The van der Waals surface area contributed by atoms with Crippen molar-refractivity contribution >= 4 is 33.0 Å². The van der Waals surface area contributed by atoms with Gasteiger partial charge in [-0.1, -0.05) is 30.3 Å². The number of para-hydroxylation sites is 1. The van der Waals surface area contributed by atoms with Crippen molar-refractivity contribution in [3.8, 4) is 5.75 Å². The van der Waals surface area contributed by atoms with Crippen molar-refractivity contribution in [1.29, 1.82) is 0 Å². The summed E-state index contributed by atoms with van der Waals surface area (Å²) >= 11 is 5.21. The third-order valence-corrected chi connectivity index (χ3v) is 6.38. The maximum absolute atomic E-state index is 13.4. The van der Waals surface area contributed by atoms with Crippen molar-refractivity contribution in [2.75, 3.05) is 0 Å². The lowest BCUT2D eigenvalue weighted by Gasteiger charge is -2.38. The second kappa shape index (κ2) is 6.21. The molecule has 0 radical (unpaired) electrons. The zero-order chi connectivity index (χ0) is 17.7. The summed E-state index contributed by atoms with van der Waals surface area (Å²) in [4.78, 5) is 1.15. The molecule has 1 aromatic heterocycles. The molecule has 0 N–H and O–H groups in total. The van der Waals surface area contributed by atoms with Crippen LogP contribution in [0.3, 0.4) is 0 Å². The van der Waals surface area contributed by atoms with Gasteiger partial charge in [-0.05, 0) is 46.3 Å². The average Bonchev–Trinajstić information content (AvgIpc) is 3.28. The van der Waals surface area contributed by atoms with E-state index in [1.807, 2.05) is 29.3 Å². The molecule has 0 amide bonds. The Morgan fingerprint density at radius 3 is 2.65 bits per heavy atom. The van der Waals surface area contributed by atoms with E-state index in [1.54, 1.807) is 23.5 Å². The fourth-order valence-electron chi connectivity index (χ4n) is 3.50. The zero-order valence-electron chi connectivity index (χ0n) is 13.6. The van der Waals surface area contributed by atoms with Crippen LogP contribution in [0, 0.1) is 5.82 Å². The molecule has 3 heterocycles. The summed E-state index contributed by atoms with van der Waals surface area (Å²) in [6.07, 6.45) is 0.460. The molecule has 0 spiro atoms. The number of ether oxygens (including phenoxy) is 1. The van der Waals surface area contributed by atoms with Crippen molar-refractivity contribution in [2.45, 2.75) is 18.7 Å². The summed E-state index contributed by atoms with van der Waals surface area (Å²) in [5.41, 5.74) is 3.08. The summed E-state index contributed by atoms with van der Waals surface area (Å²) in [6, 6.07) is 18.8. The summed E-state index contributed by atoms with van der Waals surface area (Å²) in [5.74, 6) is 0.613. The van der Waals surface area contributed by atoms with Crippen LogP contribution in [0.15, 0.2) is 69.6 Å². The van der Waals surface area contributed by atoms with Crippen molar-refractivity contribution in [2.24, 2.45) is 5.10 Å². The van der Waals surface area contributed by atoms with E-state index < -0.39 is 0 Å². The van der Waals surface area contributed by atoms with Gasteiger partial charge >= 0.3 is 0 Å². The zero-order valence-corrected chi connectivity index (χ0v) is 16.0. The number of thiophene rings is 1. The molecule has 6 heteroatoms. The highest BCUT2D eigenvalue weighted by atomic mass is 79.9. The minimum atomic E-state index is -0.364. The summed E-state index contributed by atoms with van der Waals surface area (Å²) in [6.45, 7) is 0. The van der Waals surface area contributed by atoms with E-state index in [9.17, 15) is 4.39 Å². The first-order valence-corrected chi connectivity index (χ1v) is 9.92. The molecule has 5 rings (SSSR count). The van der Waals surface area contributed by atoms with E-state index >= 15 is 0 Å². The minimum absolute atomic E-state index is 0.117. The third-order valence-electron chi connectivity index (χ3n) is 4.71. The Balaban J connectivity index is 1.59. The topological polar surface area (TPSA) is 24.8 Å². The van der Waals surface area contributed by atoms with E-state index in [-0.39, 0.29) is 18.1 Å². The first-order valence-electron chi connectivity index (χ1n) is 8.31. The Labute approximate surface area is 162 Å². The van der Waals surface area contributed by atoms with Crippen molar-refractivity contribution in [3.63, 3.8) is 0 Å². The van der Waals surface area contributed by atoms with Crippen molar-refractivity contribution in [3.05, 3.63) is 86.3 Å². The Morgan fingerprint density at radius 1 is 1.08 bits per heavy atom. The van der Waals surface area contributed by atoms with Crippen molar-refractivity contribution < 1.29 is 9.13 Å². The van der Waals surface area contributed by atoms with Crippen LogP contribution in [0.25, 0.3) is 0 Å². The largest absolute Gasteiger partial charge is 0.464 e. The van der Waals surface area contributed by atoms with Gasteiger partial charge in [0, 0.05) is 17.5 Å². The molecular formula is C20H14BrFN2OS. The molecule has 0 unspecified atom stereocenters. The van der Waals surface area contributed by atoms with Gasteiger partial charge in [-0.15, -0.1) is 11.3 Å². The van der Waals surface area contributed by atoms with Gasteiger partial charge in [-0.2, -0.15) is 5.10 Å². The Morgan fingerprint density at radius 2 is 1.88 bits per heavy atom. The molecule has 2 aromatic carbocycles. The van der Waals surface area contributed by atoms with Crippen LogP contribution >= 0.6 is 27.3 Å². The molecule has 130 valence electrons. The Bertz CT molecular complexity index is 1000. The molecule has 2 atom stereocenters. The maximum atomic E-state index is 13.4. The molecule has 0 fully saturated rings. The van der Waals surface area contributed by atoms with Gasteiger partial charge in [0.2, 0.25) is 6.23 Å². The molecule has 0 aliphatic carbocycles. The highest BCUT2D eigenvalue weighted by molar-refractivity contribution is 9.11. The quantitative estimate of drug-likeness (QED) is 0.507. The number of nitrogens with zero attached hydrogens (tertiary/aromatic N) is 2. The number of hydrogen-bond acceptors (Lipinski definition) is 4. The number of benzene rings is 2. The van der Waals surface area contributed by atoms with Crippen LogP contribution in [-0.4, -0.2) is 10.7 Å². The van der Waals surface area contributed by atoms with Crippen LogP contribution in [0.2, 0.25) is 0 Å². The average molecular weight is 429 g/mol. The van der Waals surface area contributed by atoms with Gasteiger partial charge in [0.15, 0.2) is 0 Å². The maximum Gasteiger partial charge on any atom is 0.213 e. The molecule has 0 saturated heterocycles. The molecule has 0 bridgehead atoms. The van der Waals surface area contributed by atoms with Gasteiger partial charge in [-0.25, -0.2) is 9.40 Å². The Kier molecular flexibility index (Phi) is 3.83. The molecule has 2 aliphatic rings. The molecule has 3 nitrogen and oxygen atoms in total. The number of fused-ring (bicyclic) bond motifs is 3. The molecule has 26 heavy (non-hydrogen) atoms. The van der Waals surface area contributed by atoms with E-state index in [0.29, 0.717) is 0 Å². The number of rotatable bonds is 2. The minimum Gasteiger partial charge on any atom is -0.464 e. The predicted octanol–water partition coefficient (Wildman–Crippen LogP) is 5.89. The number of hydrazone groups is 1. The van der Waals surface area contributed by atoms with Crippen molar-refractivity contribution in [1.82, 2.24) is 5.01 Å². The fraction of sp³-hybridized carbons (Fsp3) is 0.150. The number of hydrogen-bond donors (Lipinski definition) is 0. The van der Waals surface area contributed by atoms with E-state index in [4.69, 9.17) is 9.84 Å². The van der Waals surface area contributed by atoms with Gasteiger partial charge in [0.25, 0.3) is 0 Å². The second-order valence-electron chi connectivity index (χ2n) is 6.31. The molecule has 2 aliphatic heterocycles. The Hall–Kier alpha value is -2.18. The monoisotopic (exact) mass is 428 g/mol. The van der Waals surface area contributed by atoms with Gasteiger partial charge in [0.1, 0.15) is 11.6 Å². The van der Waals surface area contributed by atoms with Gasteiger partial charge in [-0.3, -0.25) is 0 Å². The highest BCUT2D eigenvalue weighted by Gasteiger charge is 2.41. The fourth-order valence-corrected chi connectivity index (χ4v) is 4.88. The van der Waals surface area contributed by atoms with E-state index in [0.717, 1.165) is 37.7 Å². The standard InChI is InChI=1S/C20H14BrFN2OS/c21-19-10-9-18(26-19)15-11-16-14-3-1-2-4-17(14)25-20(24(16)23-15)12-5-7-13(22)8-6-12/h1-10,16,20H,11H2/t16-,20-/m1/s1. The number of halogens is 2. The van der Waals surface area contributed by atoms with Gasteiger partial charge in [0.05, 0.1) is 20.4 Å². The van der Waals surface area contributed by atoms with Crippen LogP contribution in [0.5, 0.6) is 5.75 Å². The lowest BCUT2D eigenvalue weighted by molar-refractivity contribution is -0.0190. The first-order chi connectivity index (χ1) is 12.7. The normalized spacial score (nSPS) is 21.0. The predicted molar refractivity (Wildman–Crippen MR) is 104 cm³/mol. The molecular weight excluding hydrogens is 415 g/mol. The van der Waals surface area contributed by atoms with E-state index in [2.05, 4.69) is 28.1 Å². The lowest BCUT2D eigenvalue weighted by Crippen LogP contribution is -2.33. The SMILES string of the molecule is Fc1ccc([C@H]2Oc3ccccc3[C@H]3CC(c4ccc(Br)s4)=NN32)cc1. The molecule has 0 saturated carbocycles. The highest BCUT2D eigenvalue weighted by Crippen LogP contribution is 2.47. The first kappa shape index (κ1) is 16.0.